The molecule has 1 aromatic carbocycles. The Morgan fingerprint density at radius 1 is 1.15 bits per heavy atom. The van der Waals surface area contributed by atoms with Crippen LogP contribution in [-0.4, -0.2) is 18.5 Å². The summed E-state index contributed by atoms with van der Waals surface area (Å²) in [4.78, 5) is 11.7. The highest BCUT2D eigenvalue weighted by Crippen LogP contribution is 2.19. The highest BCUT2D eigenvalue weighted by molar-refractivity contribution is 5.78. The lowest BCUT2D eigenvalue weighted by Crippen LogP contribution is -2.39. The van der Waals surface area contributed by atoms with Gasteiger partial charge in [0.2, 0.25) is 5.91 Å². The molecule has 3 nitrogen and oxygen atoms in total. The van der Waals surface area contributed by atoms with Crippen LogP contribution in [0.5, 0.6) is 0 Å². The normalized spacial score (nSPS) is 12.4. The van der Waals surface area contributed by atoms with E-state index in [0.29, 0.717) is 6.54 Å². The zero-order chi connectivity index (χ0) is 14.8. The molecule has 0 radical (unpaired) electrons. The van der Waals surface area contributed by atoms with E-state index in [2.05, 4.69) is 41.8 Å². The summed E-state index contributed by atoms with van der Waals surface area (Å²) in [7, 11) is 0. The number of hydrogen-bond acceptors (Lipinski definition) is 2. The van der Waals surface area contributed by atoms with Crippen LogP contribution >= 0.6 is 0 Å². The van der Waals surface area contributed by atoms with Crippen LogP contribution < -0.4 is 10.6 Å². The first kappa shape index (κ1) is 16.7. The van der Waals surface area contributed by atoms with Gasteiger partial charge in [-0.1, -0.05) is 56.5 Å². The molecule has 0 bridgehead atoms. The molecule has 1 atom stereocenters. The van der Waals surface area contributed by atoms with E-state index >= 15 is 0 Å². The minimum Gasteiger partial charge on any atom is -0.353 e. The van der Waals surface area contributed by atoms with E-state index in [9.17, 15) is 4.79 Å². The van der Waals surface area contributed by atoms with Gasteiger partial charge in [0.25, 0.3) is 0 Å². The van der Waals surface area contributed by atoms with Crippen molar-refractivity contribution >= 4 is 5.91 Å². The predicted molar refractivity (Wildman–Crippen MR) is 84.6 cm³/mol. The van der Waals surface area contributed by atoms with Crippen LogP contribution in [0, 0.1) is 0 Å². The Morgan fingerprint density at radius 2 is 1.85 bits per heavy atom. The molecule has 0 aliphatic rings. The van der Waals surface area contributed by atoms with Crippen LogP contribution in [0.25, 0.3) is 0 Å². The van der Waals surface area contributed by atoms with Crippen molar-refractivity contribution in [1.29, 1.82) is 0 Å². The molecule has 0 aliphatic heterocycles. The van der Waals surface area contributed by atoms with Crippen molar-refractivity contribution in [2.75, 3.05) is 6.54 Å². The molecule has 0 spiro atoms. The third kappa shape index (κ3) is 6.71. The van der Waals surface area contributed by atoms with E-state index < -0.39 is 0 Å². The Hall–Kier alpha value is -1.35. The maximum absolute atomic E-state index is 11.7. The van der Waals surface area contributed by atoms with Gasteiger partial charge in [-0.2, -0.15) is 0 Å². The number of benzene rings is 1. The summed E-state index contributed by atoms with van der Waals surface area (Å²) in [5, 5.41) is 6.30. The van der Waals surface area contributed by atoms with E-state index in [4.69, 9.17) is 0 Å². The van der Waals surface area contributed by atoms with Crippen molar-refractivity contribution in [2.24, 2.45) is 0 Å². The Kier molecular flexibility index (Phi) is 7.97. The SMILES string of the molecule is CCCCCC(NCC(=O)NC(C)C)c1ccccc1. The van der Waals surface area contributed by atoms with Crippen LogP contribution in [0.2, 0.25) is 0 Å². The lowest BCUT2D eigenvalue weighted by molar-refractivity contribution is -0.120. The van der Waals surface area contributed by atoms with Gasteiger partial charge < -0.3 is 10.6 Å². The summed E-state index contributed by atoms with van der Waals surface area (Å²) in [6.07, 6.45) is 4.72. The predicted octanol–water partition coefficient (Wildman–Crippen LogP) is 3.42. The molecule has 1 aromatic rings. The maximum Gasteiger partial charge on any atom is 0.234 e. The van der Waals surface area contributed by atoms with Gasteiger partial charge in [0.15, 0.2) is 0 Å². The van der Waals surface area contributed by atoms with Gasteiger partial charge in [-0.15, -0.1) is 0 Å². The lowest BCUT2D eigenvalue weighted by atomic mass is 10.0. The quantitative estimate of drug-likeness (QED) is 0.679. The summed E-state index contributed by atoms with van der Waals surface area (Å²) in [6.45, 7) is 6.55. The fourth-order valence-electron chi connectivity index (χ4n) is 2.26. The summed E-state index contributed by atoms with van der Waals surface area (Å²) in [5.41, 5.74) is 1.26. The Bertz CT molecular complexity index is 376. The molecular weight excluding hydrogens is 248 g/mol. The molecule has 0 aromatic heterocycles. The number of amides is 1. The van der Waals surface area contributed by atoms with Gasteiger partial charge in [0.05, 0.1) is 6.54 Å². The molecular formula is C17H28N2O. The molecule has 1 amide bonds. The van der Waals surface area contributed by atoms with E-state index in [1.807, 2.05) is 19.9 Å². The Labute approximate surface area is 123 Å². The van der Waals surface area contributed by atoms with Crippen LogP contribution in [0.3, 0.4) is 0 Å². The lowest BCUT2D eigenvalue weighted by Gasteiger charge is -2.19. The number of unbranched alkanes of at least 4 members (excludes halogenated alkanes) is 2. The Balaban J connectivity index is 2.52. The standard InChI is InChI=1S/C17H28N2O/c1-4-5-7-12-16(15-10-8-6-9-11-15)18-13-17(20)19-14(2)3/h6,8-11,14,16,18H,4-5,7,12-13H2,1-3H3,(H,19,20). The summed E-state index contributed by atoms with van der Waals surface area (Å²) >= 11 is 0. The molecule has 0 saturated heterocycles. The van der Waals surface area contributed by atoms with E-state index in [1.165, 1.54) is 24.8 Å². The number of hydrogen-bond donors (Lipinski definition) is 2. The van der Waals surface area contributed by atoms with Crippen LogP contribution in [0.15, 0.2) is 30.3 Å². The van der Waals surface area contributed by atoms with Gasteiger partial charge in [0, 0.05) is 12.1 Å². The molecule has 0 heterocycles. The molecule has 2 N–H and O–H groups in total. The van der Waals surface area contributed by atoms with Crippen molar-refractivity contribution in [3.63, 3.8) is 0 Å². The molecule has 0 saturated carbocycles. The van der Waals surface area contributed by atoms with E-state index in [0.717, 1.165) is 6.42 Å². The van der Waals surface area contributed by atoms with Gasteiger partial charge >= 0.3 is 0 Å². The molecule has 1 unspecified atom stereocenters. The minimum atomic E-state index is 0.0661. The van der Waals surface area contributed by atoms with Gasteiger partial charge in [-0.05, 0) is 25.8 Å². The van der Waals surface area contributed by atoms with E-state index in [1.54, 1.807) is 0 Å². The highest BCUT2D eigenvalue weighted by Gasteiger charge is 2.12. The number of nitrogens with one attached hydrogen (secondary N) is 2. The molecule has 1 rings (SSSR count). The van der Waals surface area contributed by atoms with Crippen LogP contribution in [0.1, 0.15) is 58.1 Å². The van der Waals surface area contributed by atoms with Crippen molar-refractivity contribution in [1.82, 2.24) is 10.6 Å². The number of carbonyl (C=O) groups is 1. The second-order valence-corrected chi connectivity index (χ2v) is 5.56. The zero-order valence-electron chi connectivity index (χ0n) is 13.0. The average molecular weight is 276 g/mol. The number of rotatable bonds is 9. The third-order valence-electron chi connectivity index (χ3n) is 3.26. The molecule has 3 heteroatoms. The van der Waals surface area contributed by atoms with Crippen molar-refractivity contribution in [2.45, 2.75) is 58.5 Å². The van der Waals surface area contributed by atoms with Gasteiger partial charge in [-0.3, -0.25) is 4.79 Å². The van der Waals surface area contributed by atoms with Crippen LogP contribution in [-0.2, 0) is 4.79 Å². The topological polar surface area (TPSA) is 41.1 Å². The fourth-order valence-corrected chi connectivity index (χ4v) is 2.26. The van der Waals surface area contributed by atoms with Crippen LogP contribution in [0.4, 0.5) is 0 Å². The van der Waals surface area contributed by atoms with Gasteiger partial charge in [0.1, 0.15) is 0 Å². The summed E-state index contributed by atoms with van der Waals surface area (Å²) in [6, 6.07) is 10.8. The first-order valence-corrected chi connectivity index (χ1v) is 7.71. The number of carbonyl (C=O) groups excluding carboxylic acids is 1. The molecule has 0 aliphatic carbocycles. The highest BCUT2D eigenvalue weighted by atomic mass is 16.1. The minimum absolute atomic E-state index is 0.0661. The van der Waals surface area contributed by atoms with Crippen molar-refractivity contribution in [3.8, 4) is 0 Å². The van der Waals surface area contributed by atoms with E-state index in [-0.39, 0.29) is 18.0 Å². The first-order chi connectivity index (χ1) is 9.63. The molecule has 0 fully saturated rings. The molecule has 20 heavy (non-hydrogen) atoms. The zero-order valence-corrected chi connectivity index (χ0v) is 13.0. The van der Waals surface area contributed by atoms with Crippen molar-refractivity contribution in [3.05, 3.63) is 35.9 Å². The summed E-state index contributed by atoms with van der Waals surface area (Å²) < 4.78 is 0. The van der Waals surface area contributed by atoms with Gasteiger partial charge in [-0.25, -0.2) is 0 Å². The second kappa shape index (κ2) is 9.54. The Morgan fingerprint density at radius 3 is 2.45 bits per heavy atom. The average Bonchev–Trinajstić information content (AvgIpc) is 2.43. The first-order valence-electron chi connectivity index (χ1n) is 7.71. The summed E-state index contributed by atoms with van der Waals surface area (Å²) in [5.74, 6) is 0.0661. The monoisotopic (exact) mass is 276 g/mol. The largest absolute Gasteiger partial charge is 0.353 e. The maximum atomic E-state index is 11.7. The second-order valence-electron chi connectivity index (χ2n) is 5.56. The van der Waals surface area contributed by atoms with Crippen molar-refractivity contribution < 1.29 is 4.79 Å². The smallest absolute Gasteiger partial charge is 0.234 e. The third-order valence-corrected chi connectivity index (χ3v) is 3.26. The molecule has 112 valence electrons. The fraction of sp³-hybridized carbons (Fsp3) is 0.588.